The van der Waals surface area contributed by atoms with Crippen LogP contribution in [0.1, 0.15) is 18.3 Å². The predicted molar refractivity (Wildman–Crippen MR) is 67.4 cm³/mol. The average Bonchev–Trinajstić information content (AvgIpc) is 2.31. The van der Waals surface area contributed by atoms with E-state index < -0.39 is 12.0 Å². The lowest BCUT2D eigenvalue weighted by molar-refractivity contribution is -0.141. The number of pyridine rings is 1. The number of aryl methyl sites for hydroxylation is 2. The van der Waals surface area contributed by atoms with Gasteiger partial charge >= 0.3 is 12.0 Å². The van der Waals surface area contributed by atoms with Crippen molar-refractivity contribution in [2.45, 2.75) is 20.8 Å². The molecule has 1 aromatic rings. The number of hydrogen-bond acceptors (Lipinski definition) is 4. The van der Waals surface area contributed by atoms with Crippen LogP contribution in [0.5, 0.6) is 0 Å². The van der Waals surface area contributed by atoms with Crippen LogP contribution in [0.25, 0.3) is 0 Å². The summed E-state index contributed by atoms with van der Waals surface area (Å²) in [6, 6.07) is 3.10. The van der Waals surface area contributed by atoms with Gasteiger partial charge in [-0.2, -0.15) is 0 Å². The Morgan fingerprint density at radius 1 is 1.33 bits per heavy atom. The Hall–Kier alpha value is -2.11. The second kappa shape index (κ2) is 6.58. The molecule has 1 aromatic heterocycles. The fraction of sp³-hybridized carbons (Fsp3) is 0.417. The van der Waals surface area contributed by atoms with Crippen molar-refractivity contribution in [2.24, 2.45) is 0 Å². The predicted octanol–water partition coefficient (Wildman–Crippen LogP) is 1.38. The highest BCUT2D eigenvalue weighted by atomic mass is 16.5. The first kappa shape index (κ1) is 14.0. The molecule has 0 saturated heterocycles. The smallest absolute Gasteiger partial charge is 0.325 e. The van der Waals surface area contributed by atoms with Gasteiger partial charge in [0.2, 0.25) is 0 Å². The first-order valence-electron chi connectivity index (χ1n) is 5.67. The summed E-state index contributed by atoms with van der Waals surface area (Å²) in [6.07, 6.45) is 0. The molecule has 1 rings (SSSR count). The minimum Gasteiger partial charge on any atom is -0.465 e. The maximum Gasteiger partial charge on any atom is 0.325 e. The highest BCUT2D eigenvalue weighted by Crippen LogP contribution is 2.11. The summed E-state index contributed by atoms with van der Waals surface area (Å²) in [5, 5.41) is 5.02. The van der Waals surface area contributed by atoms with Crippen LogP contribution in [0.2, 0.25) is 0 Å². The number of nitrogens with zero attached hydrogens (tertiary/aromatic N) is 1. The third-order valence-corrected chi connectivity index (χ3v) is 2.17. The van der Waals surface area contributed by atoms with Crippen molar-refractivity contribution in [1.82, 2.24) is 10.3 Å². The van der Waals surface area contributed by atoms with E-state index in [4.69, 9.17) is 0 Å². The highest BCUT2D eigenvalue weighted by Gasteiger charge is 2.07. The van der Waals surface area contributed by atoms with E-state index in [0.717, 1.165) is 11.4 Å². The van der Waals surface area contributed by atoms with Crippen molar-refractivity contribution in [1.29, 1.82) is 0 Å². The maximum absolute atomic E-state index is 11.5. The number of carbonyl (C=O) groups is 2. The summed E-state index contributed by atoms with van der Waals surface area (Å²) in [6.45, 7) is 5.52. The average molecular weight is 251 g/mol. The van der Waals surface area contributed by atoms with Gasteiger partial charge in [0.15, 0.2) is 0 Å². The van der Waals surface area contributed by atoms with Gasteiger partial charge in [0.05, 0.1) is 18.0 Å². The molecule has 0 bridgehead atoms. The number of aromatic nitrogens is 1. The Morgan fingerprint density at radius 2 is 2.06 bits per heavy atom. The third-order valence-electron chi connectivity index (χ3n) is 2.17. The number of urea groups is 1. The lowest BCUT2D eigenvalue weighted by Gasteiger charge is -2.09. The Bertz CT molecular complexity index is 446. The van der Waals surface area contributed by atoms with E-state index in [9.17, 15) is 9.59 Å². The first-order chi connectivity index (χ1) is 8.52. The van der Waals surface area contributed by atoms with Gasteiger partial charge in [-0.1, -0.05) is 0 Å². The zero-order valence-electron chi connectivity index (χ0n) is 10.7. The van der Waals surface area contributed by atoms with Gasteiger partial charge in [0.25, 0.3) is 0 Å². The van der Waals surface area contributed by atoms with E-state index in [1.54, 1.807) is 26.0 Å². The summed E-state index contributed by atoms with van der Waals surface area (Å²) in [5.74, 6) is -0.466. The molecule has 0 aliphatic heterocycles. The second-order valence-corrected chi connectivity index (χ2v) is 3.70. The zero-order chi connectivity index (χ0) is 13.5. The minimum absolute atomic E-state index is 0.155. The quantitative estimate of drug-likeness (QED) is 0.792. The van der Waals surface area contributed by atoms with Crippen LogP contribution in [0.4, 0.5) is 10.5 Å². The molecule has 98 valence electrons. The number of rotatable bonds is 4. The van der Waals surface area contributed by atoms with Crippen LogP contribution in [0, 0.1) is 13.8 Å². The molecule has 0 spiro atoms. The topological polar surface area (TPSA) is 80.3 Å². The molecule has 0 saturated carbocycles. The molecule has 0 radical (unpaired) electrons. The maximum atomic E-state index is 11.5. The van der Waals surface area contributed by atoms with Gasteiger partial charge in [0.1, 0.15) is 6.54 Å². The molecule has 2 N–H and O–H groups in total. The third kappa shape index (κ3) is 4.40. The summed E-state index contributed by atoms with van der Waals surface area (Å²) in [4.78, 5) is 26.8. The first-order valence-corrected chi connectivity index (χ1v) is 5.67. The zero-order valence-corrected chi connectivity index (χ0v) is 10.7. The molecule has 1 heterocycles. The molecular formula is C12H17N3O3. The lowest BCUT2D eigenvalue weighted by Crippen LogP contribution is -2.34. The van der Waals surface area contributed by atoms with E-state index in [1.807, 2.05) is 6.92 Å². The van der Waals surface area contributed by atoms with Crippen molar-refractivity contribution in [3.05, 3.63) is 23.5 Å². The Morgan fingerprint density at radius 3 is 2.67 bits per heavy atom. The SMILES string of the molecule is CCOC(=O)CNC(=O)Nc1ccc(C)nc1C. The standard InChI is InChI=1S/C12H17N3O3/c1-4-18-11(16)7-13-12(17)15-10-6-5-8(2)14-9(10)3/h5-6H,4,7H2,1-3H3,(H2,13,15,17). The van der Waals surface area contributed by atoms with E-state index in [-0.39, 0.29) is 6.54 Å². The number of esters is 1. The fourth-order valence-corrected chi connectivity index (χ4v) is 1.35. The summed E-state index contributed by atoms with van der Waals surface area (Å²) >= 11 is 0. The van der Waals surface area contributed by atoms with Crippen LogP contribution in [-0.4, -0.2) is 30.1 Å². The monoisotopic (exact) mass is 251 g/mol. The van der Waals surface area contributed by atoms with E-state index in [0.29, 0.717) is 12.3 Å². The molecule has 0 aliphatic carbocycles. The second-order valence-electron chi connectivity index (χ2n) is 3.70. The van der Waals surface area contributed by atoms with Crippen LogP contribution < -0.4 is 10.6 Å². The van der Waals surface area contributed by atoms with Crippen molar-refractivity contribution in [3.63, 3.8) is 0 Å². The summed E-state index contributed by atoms with van der Waals surface area (Å²) in [5.41, 5.74) is 2.22. The molecule has 6 heteroatoms. The van der Waals surface area contributed by atoms with Gasteiger partial charge in [-0.05, 0) is 32.9 Å². The molecule has 18 heavy (non-hydrogen) atoms. The molecule has 0 fully saturated rings. The number of nitrogens with one attached hydrogen (secondary N) is 2. The molecule has 0 aliphatic rings. The van der Waals surface area contributed by atoms with Gasteiger partial charge in [-0.25, -0.2) is 4.79 Å². The number of ether oxygens (including phenoxy) is 1. The van der Waals surface area contributed by atoms with Gasteiger partial charge < -0.3 is 15.4 Å². The number of hydrogen-bond donors (Lipinski definition) is 2. The van der Waals surface area contributed by atoms with E-state index in [2.05, 4.69) is 20.4 Å². The van der Waals surface area contributed by atoms with Crippen molar-refractivity contribution >= 4 is 17.7 Å². The Labute approximate surface area is 106 Å². The number of carbonyl (C=O) groups excluding carboxylic acids is 2. The van der Waals surface area contributed by atoms with Gasteiger partial charge in [0, 0.05) is 5.69 Å². The van der Waals surface area contributed by atoms with Crippen LogP contribution in [0.15, 0.2) is 12.1 Å². The summed E-state index contributed by atoms with van der Waals surface area (Å²) in [7, 11) is 0. The molecule has 2 amide bonds. The fourth-order valence-electron chi connectivity index (χ4n) is 1.35. The molecule has 6 nitrogen and oxygen atoms in total. The van der Waals surface area contributed by atoms with E-state index in [1.165, 1.54) is 0 Å². The van der Waals surface area contributed by atoms with Crippen molar-refractivity contribution in [2.75, 3.05) is 18.5 Å². The molecule has 0 unspecified atom stereocenters. The Kier molecular flexibility index (Phi) is 5.10. The number of amides is 2. The number of anilines is 1. The molecular weight excluding hydrogens is 234 g/mol. The van der Waals surface area contributed by atoms with Gasteiger partial charge in [-0.15, -0.1) is 0 Å². The van der Waals surface area contributed by atoms with Crippen molar-refractivity contribution < 1.29 is 14.3 Å². The van der Waals surface area contributed by atoms with Crippen molar-refractivity contribution in [3.8, 4) is 0 Å². The Balaban J connectivity index is 2.47. The van der Waals surface area contributed by atoms with Crippen LogP contribution in [-0.2, 0) is 9.53 Å². The van der Waals surface area contributed by atoms with Crippen LogP contribution in [0.3, 0.4) is 0 Å². The summed E-state index contributed by atoms with van der Waals surface area (Å²) < 4.78 is 4.69. The largest absolute Gasteiger partial charge is 0.465 e. The van der Waals surface area contributed by atoms with Gasteiger partial charge in [-0.3, -0.25) is 9.78 Å². The van der Waals surface area contributed by atoms with Crippen LogP contribution >= 0.6 is 0 Å². The molecule has 0 aromatic carbocycles. The molecule has 0 atom stereocenters. The van der Waals surface area contributed by atoms with E-state index >= 15 is 0 Å². The minimum atomic E-state index is -0.466. The lowest BCUT2D eigenvalue weighted by atomic mass is 10.3. The normalized spacial score (nSPS) is 9.72. The highest BCUT2D eigenvalue weighted by molar-refractivity contribution is 5.91.